The number of rotatable bonds is 2. The maximum atomic E-state index is 12.0. The number of hydrogen-bond donors (Lipinski definition) is 1. The summed E-state index contributed by atoms with van der Waals surface area (Å²) in [4.78, 5) is 12.0. The molecular formula is C14H18ClNO. The number of carbonyl (C=O) groups is 1. The highest BCUT2D eigenvalue weighted by Crippen LogP contribution is 2.37. The van der Waals surface area contributed by atoms with Crippen LogP contribution in [0.15, 0.2) is 24.3 Å². The summed E-state index contributed by atoms with van der Waals surface area (Å²) in [7, 11) is 0. The molecule has 1 fully saturated rings. The predicted octanol–water partition coefficient (Wildman–Crippen LogP) is 3.65. The largest absolute Gasteiger partial charge is 0.349 e. The average molecular weight is 252 g/mol. The van der Waals surface area contributed by atoms with Crippen molar-refractivity contribution in [2.45, 2.75) is 39.2 Å². The van der Waals surface area contributed by atoms with E-state index in [9.17, 15) is 4.79 Å². The molecule has 1 saturated carbocycles. The van der Waals surface area contributed by atoms with Crippen LogP contribution in [0, 0.1) is 5.41 Å². The average Bonchev–Trinajstić information content (AvgIpc) is 2.58. The van der Waals surface area contributed by atoms with Crippen LogP contribution in [0.4, 0.5) is 0 Å². The van der Waals surface area contributed by atoms with E-state index < -0.39 is 0 Å². The number of nitrogens with one attached hydrogen (secondary N) is 1. The van der Waals surface area contributed by atoms with Crippen molar-refractivity contribution in [1.82, 2.24) is 5.32 Å². The Hall–Kier alpha value is -1.02. The first-order valence-electron chi connectivity index (χ1n) is 6.03. The van der Waals surface area contributed by atoms with E-state index in [0.717, 1.165) is 12.8 Å². The molecule has 1 atom stereocenters. The predicted molar refractivity (Wildman–Crippen MR) is 70.3 cm³/mol. The smallest absolute Gasteiger partial charge is 0.253 e. The quantitative estimate of drug-likeness (QED) is 0.854. The van der Waals surface area contributed by atoms with E-state index in [4.69, 9.17) is 11.6 Å². The van der Waals surface area contributed by atoms with E-state index in [-0.39, 0.29) is 11.9 Å². The molecule has 1 unspecified atom stereocenters. The minimum Gasteiger partial charge on any atom is -0.349 e. The van der Waals surface area contributed by atoms with Crippen LogP contribution in [0.1, 0.15) is 43.5 Å². The maximum absolute atomic E-state index is 12.0. The molecule has 0 bridgehead atoms. The van der Waals surface area contributed by atoms with Crippen LogP contribution in [0.2, 0.25) is 5.02 Å². The van der Waals surface area contributed by atoms with Crippen LogP contribution in [0.3, 0.4) is 0 Å². The molecule has 1 amide bonds. The van der Waals surface area contributed by atoms with Gasteiger partial charge in [0, 0.05) is 6.04 Å². The normalized spacial score (nSPS) is 22.4. The van der Waals surface area contributed by atoms with E-state index >= 15 is 0 Å². The fraction of sp³-hybridized carbons (Fsp3) is 0.500. The Kier molecular flexibility index (Phi) is 3.43. The van der Waals surface area contributed by atoms with Gasteiger partial charge >= 0.3 is 0 Å². The third kappa shape index (κ3) is 3.01. The Morgan fingerprint density at radius 2 is 2.12 bits per heavy atom. The van der Waals surface area contributed by atoms with Crippen LogP contribution in [-0.4, -0.2) is 11.9 Å². The first-order chi connectivity index (χ1) is 7.98. The number of hydrogen-bond acceptors (Lipinski definition) is 1. The number of carbonyl (C=O) groups excluding carboxylic acids is 1. The molecule has 1 aliphatic rings. The highest BCUT2D eigenvalue weighted by molar-refractivity contribution is 6.33. The molecule has 92 valence electrons. The van der Waals surface area contributed by atoms with Crippen LogP contribution in [0.5, 0.6) is 0 Å². The summed E-state index contributed by atoms with van der Waals surface area (Å²) < 4.78 is 0. The van der Waals surface area contributed by atoms with Gasteiger partial charge in [0.15, 0.2) is 0 Å². The van der Waals surface area contributed by atoms with Crippen molar-refractivity contribution in [2.24, 2.45) is 5.41 Å². The molecule has 1 aliphatic carbocycles. The summed E-state index contributed by atoms with van der Waals surface area (Å²) in [6, 6.07) is 7.46. The zero-order valence-electron chi connectivity index (χ0n) is 10.3. The van der Waals surface area contributed by atoms with Gasteiger partial charge in [-0.15, -0.1) is 0 Å². The Morgan fingerprint density at radius 1 is 1.41 bits per heavy atom. The van der Waals surface area contributed by atoms with E-state index in [1.807, 2.05) is 12.1 Å². The first kappa shape index (κ1) is 12.4. The molecule has 17 heavy (non-hydrogen) atoms. The Morgan fingerprint density at radius 3 is 2.71 bits per heavy atom. The van der Waals surface area contributed by atoms with Crippen molar-refractivity contribution < 1.29 is 4.79 Å². The van der Waals surface area contributed by atoms with Gasteiger partial charge < -0.3 is 5.32 Å². The molecule has 3 heteroatoms. The van der Waals surface area contributed by atoms with Crippen molar-refractivity contribution >= 4 is 17.5 Å². The standard InChI is InChI=1S/C14H18ClNO/c1-14(2)8-7-10(9-14)16-13(17)11-5-3-4-6-12(11)15/h3-6,10H,7-9H2,1-2H3,(H,16,17). The van der Waals surface area contributed by atoms with E-state index in [0.29, 0.717) is 16.0 Å². The lowest BCUT2D eigenvalue weighted by Crippen LogP contribution is -2.33. The molecule has 0 heterocycles. The monoisotopic (exact) mass is 251 g/mol. The maximum Gasteiger partial charge on any atom is 0.253 e. The van der Waals surface area contributed by atoms with E-state index in [1.165, 1.54) is 6.42 Å². The van der Waals surface area contributed by atoms with Crippen LogP contribution in [-0.2, 0) is 0 Å². The molecular weight excluding hydrogens is 234 g/mol. The second kappa shape index (κ2) is 4.69. The minimum absolute atomic E-state index is 0.0571. The second-order valence-electron chi connectivity index (χ2n) is 5.56. The minimum atomic E-state index is -0.0571. The van der Waals surface area contributed by atoms with E-state index in [1.54, 1.807) is 12.1 Å². The molecule has 0 radical (unpaired) electrons. The van der Waals surface area contributed by atoms with Crippen LogP contribution in [0.25, 0.3) is 0 Å². The molecule has 2 rings (SSSR count). The molecule has 0 aromatic heterocycles. The van der Waals surface area contributed by atoms with Gasteiger partial charge in [-0.05, 0) is 36.8 Å². The zero-order chi connectivity index (χ0) is 12.5. The summed E-state index contributed by atoms with van der Waals surface area (Å²) in [6.45, 7) is 4.49. The van der Waals surface area contributed by atoms with Gasteiger partial charge in [-0.1, -0.05) is 37.6 Å². The fourth-order valence-corrected chi connectivity index (χ4v) is 2.69. The van der Waals surface area contributed by atoms with Crippen molar-refractivity contribution in [2.75, 3.05) is 0 Å². The summed E-state index contributed by atoms with van der Waals surface area (Å²) in [5.74, 6) is -0.0571. The van der Waals surface area contributed by atoms with Crippen LogP contribution >= 0.6 is 11.6 Å². The number of amides is 1. The SMILES string of the molecule is CC1(C)CCC(NC(=O)c2ccccc2Cl)C1. The number of halogens is 1. The van der Waals surface area contributed by atoms with Gasteiger partial charge in [-0.25, -0.2) is 0 Å². The van der Waals surface area contributed by atoms with Crippen molar-refractivity contribution in [3.8, 4) is 0 Å². The highest BCUT2D eigenvalue weighted by Gasteiger charge is 2.31. The third-order valence-electron chi connectivity index (χ3n) is 3.42. The Labute approximate surface area is 107 Å². The van der Waals surface area contributed by atoms with Gasteiger partial charge in [0.05, 0.1) is 10.6 Å². The molecule has 1 N–H and O–H groups in total. The summed E-state index contributed by atoms with van der Waals surface area (Å²) in [5, 5.41) is 3.58. The Bertz CT molecular complexity index is 428. The first-order valence-corrected chi connectivity index (χ1v) is 6.41. The zero-order valence-corrected chi connectivity index (χ0v) is 11.1. The topological polar surface area (TPSA) is 29.1 Å². The molecule has 0 saturated heterocycles. The van der Waals surface area contributed by atoms with Gasteiger partial charge in [-0.3, -0.25) is 4.79 Å². The molecule has 0 spiro atoms. The van der Waals surface area contributed by atoms with E-state index in [2.05, 4.69) is 19.2 Å². The van der Waals surface area contributed by atoms with Crippen molar-refractivity contribution in [3.63, 3.8) is 0 Å². The molecule has 2 nitrogen and oxygen atoms in total. The molecule has 1 aromatic rings. The fourth-order valence-electron chi connectivity index (χ4n) is 2.47. The second-order valence-corrected chi connectivity index (χ2v) is 5.96. The summed E-state index contributed by atoms with van der Waals surface area (Å²) >= 11 is 6.00. The van der Waals surface area contributed by atoms with Gasteiger partial charge in [0.1, 0.15) is 0 Å². The van der Waals surface area contributed by atoms with Gasteiger partial charge in [-0.2, -0.15) is 0 Å². The lowest BCUT2D eigenvalue weighted by molar-refractivity contribution is 0.0936. The molecule has 1 aromatic carbocycles. The van der Waals surface area contributed by atoms with Gasteiger partial charge in [0.2, 0.25) is 0 Å². The lowest BCUT2D eigenvalue weighted by atomic mass is 9.92. The number of benzene rings is 1. The summed E-state index contributed by atoms with van der Waals surface area (Å²) in [6.07, 6.45) is 3.27. The van der Waals surface area contributed by atoms with Crippen molar-refractivity contribution in [3.05, 3.63) is 34.9 Å². The third-order valence-corrected chi connectivity index (χ3v) is 3.75. The Balaban J connectivity index is 2.01. The molecule has 0 aliphatic heterocycles. The lowest BCUT2D eigenvalue weighted by Gasteiger charge is -2.18. The van der Waals surface area contributed by atoms with Crippen molar-refractivity contribution in [1.29, 1.82) is 0 Å². The van der Waals surface area contributed by atoms with Crippen LogP contribution < -0.4 is 5.32 Å². The summed E-state index contributed by atoms with van der Waals surface area (Å²) in [5.41, 5.74) is 0.914. The van der Waals surface area contributed by atoms with Gasteiger partial charge in [0.25, 0.3) is 5.91 Å². The highest BCUT2D eigenvalue weighted by atomic mass is 35.5.